The fourth-order valence-corrected chi connectivity index (χ4v) is 4.66. The van der Waals surface area contributed by atoms with Gasteiger partial charge in [-0.3, -0.25) is 19.6 Å². The summed E-state index contributed by atoms with van der Waals surface area (Å²) in [6.45, 7) is 3.88. The monoisotopic (exact) mass is 531 g/mol. The second-order valence-corrected chi connectivity index (χ2v) is 10.2. The molecule has 39 heavy (non-hydrogen) atoms. The van der Waals surface area contributed by atoms with Gasteiger partial charge < -0.3 is 26.8 Å². The molecule has 2 aromatic carbocycles. The summed E-state index contributed by atoms with van der Waals surface area (Å²) in [5.74, 6) is 0.454. The number of carbonyl (C=O) groups is 1. The predicted molar refractivity (Wildman–Crippen MR) is 154 cm³/mol. The van der Waals surface area contributed by atoms with Gasteiger partial charge in [0.15, 0.2) is 5.82 Å². The molecule has 1 heterocycles. The topological polar surface area (TPSA) is 161 Å². The highest BCUT2D eigenvalue weighted by Gasteiger charge is 2.19. The highest BCUT2D eigenvalue weighted by Crippen LogP contribution is 2.30. The van der Waals surface area contributed by atoms with Gasteiger partial charge in [-0.15, -0.1) is 0 Å². The molecule has 1 aromatic heterocycles. The molecule has 0 saturated heterocycles. The number of carbonyl (C=O) groups excluding carboxylic acids is 1. The van der Waals surface area contributed by atoms with E-state index in [4.69, 9.17) is 21.6 Å². The van der Waals surface area contributed by atoms with Gasteiger partial charge in [0.05, 0.1) is 18.0 Å². The van der Waals surface area contributed by atoms with Crippen LogP contribution in [0.5, 0.6) is 5.75 Å². The van der Waals surface area contributed by atoms with Crippen LogP contribution in [0.15, 0.2) is 53.5 Å². The highest BCUT2D eigenvalue weighted by atomic mass is 16.5. The molecule has 1 fully saturated rings. The minimum atomic E-state index is -0.403. The summed E-state index contributed by atoms with van der Waals surface area (Å²) in [6, 6.07) is 12.4. The van der Waals surface area contributed by atoms with Crippen molar-refractivity contribution in [2.75, 3.05) is 11.1 Å². The van der Waals surface area contributed by atoms with Gasteiger partial charge in [-0.05, 0) is 57.2 Å². The van der Waals surface area contributed by atoms with Gasteiger partial charge in [0.2, 0.25) is 5.91 Å². The maximum Gasteiger partial charge on any atom is 0.294 e. The van der Waals surface area contributed by atoms with Crippen molar-refractivity contribution in [2.24, 2.45) is 5.73 Å². The van der Waals surface area contributed by atoms with E-state index < -0.39 is 5.56 Å². The van der Waals surface area contributed by atoms with Crippen LogP contribution in [0, 0.1) is 5.41 Å². The number of amidine groups is 1. The maximum absolute atomic E-state index is 13.5. The molecule has 0 bridgehead atoms. The third kappa shape index (κ3) is 7.37. The molecule has 0 spiro atoms. The molecule has 4 rings (SSSR count). The van der Waals surface area contributed by atoms with Gasteiger partial charge in [-0.25, -0.2) is 4.98 Å². The lowest BCUT2D eigenvalue weighted by Gasteiger charge is -2.23. The molecule has 3 aromatic rings. The van der Waals surface area contributed by atoms with Gasteiger partial charge >= 0.3 is 0 Å². The summed E-state index contributed by atoms with van der Waals surface area (Å²) in [4.78, 5) is 30.8. The number of nitrogens with one attached hydrogen (secondary N) is 3. The van der Waals surface area contributed by atoms with Crippen molar-refractivity contribution < 1.29 is 9.53 Å². The van der Waals surface area contributed by atoms with E-state index in [1.54, 1.807) is 42.6 Å². The number of rotatable bonds is 10. The quantitative estimate of drug-likeness (QED) is 0.152. The number of nitrogen functional groups attached to an aromatic ring is 2. The Bertz CT molecular complexity index is 1380. The van der Waals surface area contributed by atoms with E-state index >= 15 is 0 Å². The van der Waals surface area contributed by atoms with E-state index in [1.165, 1.54) is 11.0 Å². The van der Waals surface area contributed by atoms with Gasteiger partial charge in [0.1, 0.15) is 18.1 Å². The average molecular weight is 532 g/mol. The first-order chi connectivity index (χ1) is 18.7. The van der Waals surface area contributed by atoms with Crippen LogP contribution in [-0.4, -0.2) is 33.4 Å². The molecule has 0 radical (unpaired) electrons. The standard InChI is InChI=1S/C29H37N7O3/c1-18(2)35-28-29(38)36(17-26(37)33-15-19-8-10-20(11-9-19)27(31)32)25(16-34-28)21-12-22(30)14-24(13-21)39-23-6-4-3-5-7-23/h8-14,16,18,23H,3-7,15,17,30H2,1-2H3,(H3,31,32)(H,33,37)(H,34,35). The van der Waals surface area contributed by atoms with Gasteiger partial charge in [0, 0.05) is 35.5 Å². The van der Waals surface area contributed by atoms with E-state index in [1.807, 2.05) is 19.9 Å². The van der Waals surface area contributed by atoms with Gasteiger partial charge in [-0.2, -0.15) is 0 Å². The van der Waals surface area contributed by atoms with Gasteiger partial charge in [0.25, 0.3) is 5.56 Å². The molecule has 0 unspecified atom stereocenters. The largest absolute Gasteiger partial charge is 0.490 e. The van der Waals surface area contributed by atoms with Crippen molar-refractivity contribution in [2.45, 2.75) is 71.2 Å². The summed E-state index contributed by atoms with van der Waals surface area (Å²) in [5.41, 5.74) is 14.4. The second kappa shape index (κ2) is 12.5. The van der Waals surface area contributed by atoms with Crippen LogP contribution in [0.25, 0.3) is 11.3 Å². The number of ether oxygens (including phenoxy) is 1. The van der Waals surface area contributed by atoms with E-state index in [9.17, 15) is 9.59 Å². The molecule has 206 valence electrons. The first kappa shape index (κ1) is 27.7. The first-order valence-electron chi connectivity index (χ1n) is 13.3. The number of anilines is 2. The Morgan fingerprint density at radius 1 is 1.15 bits per heavy atom. The number of hydrogen-bond acceptors (Lipinski definition) is 7. The molecule has 1 aliphatic rings. The van der Waals surface area contributed by atoms with Crippen LogP contribution in [0.1, 0.15) is 57.1 Å². The van der Waals surface area contributed by atoms with Gasteiger partial charge in [-0.1, -0.05) is 30.7 Å². The fraction of sp³-hybridized carbons (Fsp3) is 0.379. The Morgan fingerprint density at radius 3 is 2.54 bits per heavy atom. The van der Waals surface area contributed by atoms with Crippen LogP contribution in [-0.2, 0) is 17.9 Å². The smallest absolute Gasteiger partial charge is 0.294 e. The number of amides is 1. The Labute approximate surface area is 228 Å². The summed E-state index contributed by atoms with van der Waals surface area (Å²) in [7, 11) is 0. The van der Waals surface area contributed by atoms with Crippen LogP contribution >= 0.6 is 0 Å². The lowest BCUT2D eigenvalue weighted by atomic mass is 9.98. The number of aromatic nitrogens is 2. The minimum Gasteiger partial charge on any atom is -0.490 e. The third-order valence-corrected chi connectivity index (χ3v) is 6.62. The zero-order valence-electron chi connectivity index (χ0n) is 22.5. The van der Waals surface area contributed by atoms with Crippen molar-refractivity contribution in [1.29, 1.82) is 5.41 Å². The Balaban J connectivity index is 1.60. The molecule has 0 atom stereocenters. The van der Waals surface area contributed by atoms with Crippen LogP contribution in [0.2, 0.25) is 0 Å². The Morgan fingerprint density at radius 2 is 1.87 bits per heavy atom. The lowest BCUT2D eigenvalue weighted by molar-refractivity contribution is -0.121. The van der Waals surface area contributed by atoms with Crippen molar-refractivity contribution in [3.8, 4) is 17.0 Å². The Hall–Kier alpha value is -4.34. The molecule has 0 aliphatic heterocycles. The number of hydrogen-bond donors (Lipinski definition) is 5. The summed E-state index contributed by atoms with van der Waals surface area (Å²) >= 11 is 0. The molecule has 10 nitrogen and oxygen atoms in total. The summed E-state index contributed by atoms with van der Waals surface area (Å²) in [5, 5.41) is 13.4. The molecular weight excluding hydrogens is 494 g/mol. The number of benzene rings is 2. The molecule has 10 heteroatoms. The molecule has 7 N–H and O–H groups in total. The van der Waals surface area contributed by atoms with Crippen molar-refractivity contribution >= 4 is 23.2 Å². The zero-order chi connectivity index (χ0) is 27.9. The van der Waals surface area contributed by atoms with Crippen molar-refractivity contribution in [3.63, 3.8) is 0 Å². The first-order valence-corrected chi connectivity index (χ1v) is 13.3. The van der Waals surface area contributed by atoms with E-state index in [2.05, 4.69) is 15.6 Å². The predicted octanol–water partition coefficient (Wildman–Crippen LogP) is 3.62. The van der Waals surface area contributed by atoms with Crippen LogP contribution in [0.3, 0.4) is 0 Å². The average Bonchev–Trinajstić information content (AvgIpc) is 2.90. The minimum absolute atomic E-state index is 0.0147. The molecule has 1 saturated carbocycles. The normalized spacial score (nSPS) is 13.7. The number of nitrogens with two attached hydrogens (primary N) is 2. The second-order valence-electron chi connectivity index (χ2n) is 10.2. The highest BCUT2D eigenvalue weighted by molar-refractivity contribution is 5.94. The van der Waals surface area contributed by atoms with E-state index in [-0.39, 0.29) is 42.8 Å². The summed E-state index contributed by atoms with van der Waals surface area (Å²) < 4.78 is 7.64. The lowest BCUT2D eigenvalue weighted by Crippen LogP contribution is -2.35. The number of nitrogens with zero attached hydrogens (tertiary/aromatic N) is 2. The molecule has 1 amide bonds. The van der Waals surface area contributed by atoms with Crippen molar-refractivity contribution in [1.82, 2.24) is 14.9 Å². The molecule has 1 aliphatic carbocycles. The SMILES string of the molecule is CC(C)Nc1ncc(-c2cc(N)cc(OC3CCCCC3)c2)n(CC(=O)NCc2ccc(C(=N)N)cc2)c1=O. The zero-order valence-corrected chi connectivity index (χ0v) is 22.5. The van der Waals surface area contributed by atoms with E-state index in [0.717, 1.165) is 31.2 Å². The van der Waals surface area contributed by atoms with Crippen molar-refractivity contribution in [3.05, 3.63) is 70.1 Å². The van der Waals surface area contributed by atoms with Crippen LogP contribution in [0.4, 0.5) is 11.5 Å². The fourth-order valence-electron chi connectivity index (χ4n) is 4.66. The van der Waals surface area contributed by atoms with Crippen LogP contribution < -0.4 is 32.4 Å². The maximum atomic E-state index is 13.5. The third-order valence-electron chi connectivity index (χ3n) is 6.62. The summed E-state index contributed by atoms with van der Waals surface area (Å²) in [6.07, 6.45) is 7.24. The molecular formula is C29H37N7O3. The Kier molecular flexibility index (Phi) is 8.85. The van der Waals surface area contributed by atoms with E-state index in [0.29, 0.717) is 28.3 Å².